The lowest BCUT2D eigenvalue weighted by Gasteiger charge is -2.09. The van der Waals surface area contributed by atoms with Gasteiger partial charge in [-0.15, -0.1) is 0 Å². The number of alkyl halides is 2. The molecule has 0 unspecified atom stereocenters. The largest absolute Gasteiger partial charge is 0.380 e. The molecule has 2 rings (SSSR count). The molecule has 17 heavy (non-hydrogen) atoms. The summed E-state index contributed by atoms with van der Waals surface area (Å²) in [6, 6.07) is 7.11. The number of anilines is 1. The van der Waals surface area contributed by atoms with E-state index in [9.17, 15) is 8.78 Å². The molecule has 0 saturated carbocycles. The van der Waals surface area contributed by atoms with Gasteiger partial charge in [0.1, 0.15) is 0 Å². The fourth-order valence-corrected chi connectivity index (χ4v) is 1.68. The van der Waals surface area contributed by atoms with Crippen LogP contribution in [0.2, 0.25) is 0 Å². The standard InChI is InChI=1S/C12H12F2N2O/c1-7-4-3-5-8(6-7)9-10(12(2,13)14)17-16-11(9)15/h3-6H,1-2H3,(H2,15,16). The second-order valence-electron chi connectivity index (χ2n) is 4.03. The Bertz CT molecular complexity index is 544. The summed E-state index contributed by atoms with van der Waals surface area (Å²) in [5.74, 6) is -3.63. The monoisotopic (exact) mass is 238 g/mol. The number of nitrogen functional groups attached to an aromatic ring is 1. The van der Waals surface area contributed by atoms with Gasteiger partial charge in [-0.25, -0.2) is 0 Å². The van der Waals surface area contributed by atoms with E-state index in [4.69, 9.17) is 5.73 Å². The molecule has 1 heterocycles. The lowest BCUT2D eigenvalue weighted by atomic mass is 10.0. The third-order valence-electron chi connectivity index (χ3n) is 2.42. The lowest BCUT2D eigenvalue weighted by Crippen LogP contribution is -2.07. The highest BCUT2D eigenvalue weighted by molar-refractivity contribution is 5.76. The predicted octanol–water partition coefficient (Wildman–Crippen LogP) is 3.34. The first kappa shape index (κ1) is 11.6. The SMILES string of the molecule is Cc1cccc(-c2c(N)noc2C(C)(F)F)c1. The summed E-state index contributed by atoms with van der Waals surface area (Å²) in [6.07, 6.45) is 0. The Hall–Kier alpha value is -1.91. The maximum absolute atomic E-state index is 13.3. The topological polar surface area (TPSA) is 52.0 Å². The van der Waals surface area contributed by atoms with Crippen LogP contribution < -0.4 is 5.73 Å². The number of aryl methyl sites for hydroxylation is 1. The third-order valence-corrected chi connectivity index (χ3v) is 2.42. The van der Waals surface area contributed by atoms with Gasteiger partial charge in [-0.1, -0.05) is 35.0 Å². The minimum absolute atomic E-state index is 0.0212. The van der Waals surface area contributed by atoms with Gasteiger partial charge in [-0.05, 0) is 12.5 Å². The van der Waals surface area contributed by atoms with Gasteiger partial charge in [0.25, 0.3) is 0 Å². The van der Waals surface area contributed by atoms with E-state index in [0.29, 0.717) is 5.56 Å². The van der Waals surface area contributed by atoms with Gasteiger partial charge in [0, 0.05) is 6.92 Å². The van der Waals surface area contributed by atoms with Crippen LogP contribution >= 0.6 is 0 Å². The van der Waals surface area contributed by atoms with E-state index in [1.165, 1.54) is 0 Å². The van der Waals surface area contributed by atoms with E-state index >= 15 is 0 Å². The molecule has 1 aromatic carbocycles. The van der Waals surface area contributed by atoms with E-state index in [1.54, 1.807) is 18.2 Å². The predicted molar refractivity (Wildman–Crippen MR) is 60.7 cm³/mol. The molecule has 0 bridgehead atoms. The third kappa shape index (κ3) is 2.13. The minimum atomic E-state index is -3.11. The molecule has 0 radical (unpaired) electrons. The van der Waals surface area contributed by atoms with Crippen molar-refractivity contribution < 1.29 is 13.3 Å². The van der Waals surface area contributed by atoms with Crippen LogP contribution in [-0.2, 0) is 5.92 Å². The number of nitrogens with zero attached hydrogens (tertiary/aromatic N) is 1. The molecule has 3 nitrogen and oxygen atoms in total. The molecule has 0 saturated heterocycles. The molecule has 0 amide bonds. The second-order valence-corrected chi connectivity index (χ2v) is 4.03. The van der Waals surface area contributed by atoms with Gasteiger partial charge in [0.05, 0.1) is 5.56 Å². The summed E-state index contributed by atoms with van der Waals surface area (Å²) in [4.78, 5) is 0. The Balaban J connectivity index is 2.63. The Labute approximate surface area is 97.2 Å². The summed E-state index contributed by atoms with van der Waals surface area (Å²) in [6.45, 7) is 2.63. The highest BCUT2D eigenvalue weighted by Gasteiger charge is 2.35. The summed E-state index contributed by atoms with van der Waals surface area (Å²) in [7, 11) is 0. The molecule has 0 fully saturated rings. The van der Waals surface area contributed by atoms with Crippen molar-refractivity contribution in [2.24, 2.45) is 0 Å². The van der Waals surface area contributed by atoms with E-state index in [1.807, 2.05) is 13.0 Å². The van der Waals surface area contributed by atoms with Gasteiger partial charge in [-0.3, -0.25) is 0 Å². The van der Waals surface area contributed by atoms with Crippen molar-refractivity contribution in [3.8, 4) is 11.1 Å². The summed E-state index contributed by atoms with van der Waals surface area (Å²) in [5, 5.41) is 3.41. The van der Waals surface area contributed by atoms with E-state index in [2.05, 4.69) is 9.68 Å². The van der Waals surface area contributed by atoms with Crippen LogP contribution in [0.25, 0.3) is 11.1 Å². The number of hydrogen-bond acceptors (Lipinski definition) is 3. The maximum atomic E-state index is 13.3. The molecule has 5 heteroatoms. The maximum Gasteiger partial charge on any atom is 0.305 e. The number of aromatic nitrogens is 1. The van der Waals surface area contributed by atoms with Crippen LogP contribution in [0.1, 0.15) is 18.2 Å². The van der Waals surface area contributed by atoms with Crippen LogP contribution in [0.5, 0.6) is 0 Å². The van der Waals surface area contributed by atoms with Gasteiger partial charge in [0.2, 0.25) is 5.76 Å². The van der Waals surface area contributed by atoms with Gasteiger partial charge in [0.15, 0.2) is 5.82 Å². The molecule has 0 spiro atoms. The van der Waals surface area contributed by atoms with Gasteiger partial charge in [-0.2, -0.15) is 8.78 Å². The van der Waals surface area contributed by atoms with Crippen LogP contribution in [0.3, 0.4) is 0 Å². The van der Waals surface area contributed by atoms with Crippen molar-refractivity contribution in [1.82, 2.24) is 5.16 Å². The van der Waals surface area contributed by atoms with Crippen molar-refractivity contribution in [3.63, 3.8) is 0 Å². The summed E-state index contributed by atoms with van der Waals surface area (Å²) in [5.41, 5.74) is 7.29. The zero-order valence-electron chi connectivity index (χ0n) is 9.50. The molecular weight excluding hydrogens is 226 g/mol. The first-order valence-corrected chi connectivity index (χ1v) is 5.10. The number of hydrogen-bond donors (Lipinski definition) is 1. The van der Waals surface area contributed by atoms with Crippen molar-refractivity contribution >= 4 is 5.82 Å². The zero-order valence-corrected chi connectivity index (χ0v) is 9.50. The molecule has 90 valence electrons. The molecule has 0 atom stereocenters. The quantitative estimate of drug-likeness (QED) is 0.872. The van der Waals surface area contributed by atoms with Crippen LogP contribution in [-0.4, -0.2) is 5.16 Å². The highest BCUT2D eigenvalue weighted by atomic mass is 19.3. The molecule has 0 aliphatic heterocycles. The molecule has 0 aliphatic rings. The Morgan fingerprint density at radius 2 is 2.06 bits per heavy atom. The van der Waals surface area contributed by atoms with Gasteiger partial charge >= 0.3 is 5.92 Å². The van der Waals surface area contributed by atoms with Crippen LogP contribution in [0.4, 0.5) is 14.6 Å². The second kappa shape index (κ2) is 3.84. The zero-order chi connectivity index (χ0) is 12.6. The van der Waals surface area contributed by atoms with E-state index in [-0.39, 0.29) is 11.4 Å². The van der Waals surface area contributed by atoms with Crippen molar-refractivity contribution in [1.29, 1.82) is 0 Å². The first-order valence-electron chi connectivity index (χ1n) is 5.10. The normalized spacial score (nSPS) is 11.8. The van der Waals surface area contributed by atoms with E-state index < -0.39 is 11.7 Å². The number of halogens is 2. The summed E-state index contributed by atoms with van der Waals surface area (Å²) < 4.78 is 31.3. The van der Waals surface area contributed by atoms with Crippen LogP contribution in [0.15, 0.2) is 28.8 Å². The van der Waals surface area contributed by atoms with Gasteiger partial charge < -0.3 is 10.3 Å². The number of benzene rings is 1. The lowest BCUT2D eigenvalue weighted by molar-refractivity contribution is -0.00974. The van der Waals surface area contributed by atoms with Crippen molar-refractivity contribution in [2.75, 3.05) is 5.73 Å². The fourth-order valence-electron chi connectivity index (χ4n) is 1.68. The average molecular weight is 238 g/mol. The Kier molecular flexibility index (Phi) is 2.61. The van der Waals surface area contributed by atoms with Crippen molar-refractivity contribution in [3.05, 3.63) is 35.6 Å². The number of nitrogens with two attached hydrogens (primary N) is 1. The summed E-state index contributed by atoms with van der Waals surface area (Å²) >= 11 is 0. The Morgan fingerprint density at radius 1 is 1.35 bits per heavy atom. The minimum Gasteiger partial charge on any atom is -0.380 e. The molecule has 2 N–H and O–H groups in total. The van der Waals surface area contributed by atoms with Crippen molar-refractivity contribution in [2.45, 2.75) is 19.8 Å². The molecule has 1 aromatic heterocycles. The molecular formula is C12H12F2N2O. The average Bonchev–Trinajstić information content (AvgIpc) is 2.59. The molecule has 2 aromatic rings. The first-order chi connectivity index (χ1) is 7.89. The Morgan fingerprint density at radius 3 is 2.65 bits per heavy atom. The number of rotatable bonds is 2. The highest BCUT2D eigenvalue weighted by Crippen LogP contribution is 2.39. The smallest absolute Gasteiger partial charge is 0.305 e. The molecule has 0 aliphatic carbocycles. The van der Waals surface area contributed by atoms with Crippen LogP contribution in [0, 0.1) is 6.92 Å². The fraction of sp³-hybridized carbons (Fsp3) is 0.250. The van der Waals surface area contributed by atoms with E-state index in [0.717, 1.165) is 12.5 Å².